The Morgan fingerprint density at radius 2 is 2.31 bits per heavy atom. The molecule has 4 unspecified atom stereocenters. The third-order valence-corrected chi connectivity index (χ3v) is 3.60. The fourth-order valence-electron chi connectivity index (χ4n) is 2.95. The van der Waals surface area contributed by atoms with E-state index >= 15 is 0 Å². The van der Waals surface area contributed by atoms with Crippen molar-refractivity contribution in [2.24, 2.45) is 23.7 Å². The number of allylic oxidation sites excluding steroid dienone is 2. The molecule has 1 N–H and O–H groups in total. The monoisotopic (exact) mass is 180 g/mol. The predicted octanol–water partition coefficient (Wildman–Crippen LogP) is 2.31. The van der Waals surface area contributed by atoms with Crippen LogP contribution in [0.4, 0.5) is 0 Å². The van der Waals surface area contributed by atoms with Gasteiger partial charge in [-0.2, -0.15) is 0 Å². The van der Waals surface area contributed by atoms with Crippen LogP contribution in [-0.4, -0.2) is 11.1 Å². The highest BCUT2D eigenvalue weighted by Crippen LogP contribution is 2.47. The number of carbonyl (C=O) groups is 1. The van der Waals surface area contributed by atoms with Gasteiger partial charge in [-0.3, -0.25) is 4.79 Å². The molecule has 2 nitrogen and oxygen atoms in total. The maximum absolute atomic E-state index is 11.0. The number of aliphatic carboxylic acids is 1. The van der Waals surface area contributed by atoms with Crippen LogP contribution in [0.1, 0.15) is 26.2 Å². The van der Waals surface area contributed by atoms with Crippen LogP contribution in [0.25, 0.3) is 0 Å². The fraction of sp³-hybridized carbons (Fsp3) is 0.727. The van der Waals surface area contributed by atoms with Gasteiger partial charge in [-0.25, -0.2) is 0 Å². The minimum atomic E-state index is -0.603. The molecule has 1 saturated carbocycles. The number of fused-ring (bicyclic) bond motifs is 2. The molecule has 0 aromatic carbocycles. The van der Waals surface area contributed by atoms with E-state index in [4.69, 9.17) is 5.11 Å². The van der Waals surface area contributed by atoms with Crippen molar-refractivity contribution in [3.05, 3.63) is 12.2 Å². The number of rotatable bonds is 3. The van der Waals surface area contributed by atoms with Crippen LogP contribution >= 0.6 is 0 Å². The Morgan fingerprint density at radius 1 is 1.54 bits per heavy atom. The second kappa shape index (κ2) is 3.17. The molecule has 0 amide bonds. The van der Waals surface area contributed by atoms with E-state index < -0.39 is 5.97 Å². The van der Waals surface area contributed by atoms with Crippen molar-refractivity contribution in [1.29, 1.82) is 0 Å². The lowest BCUT2D eigenvalue weighted by atomic mass is 9.81. The number of carboxylic acids is 1. The summed E-state index contributed by atoms with van der Waals surface area (Å²) in [4.78, 5) is 11.0. The Morgan fingerprint density at radius 3 is 2.69 bits per heavy atom. The first-order valence-electron chi connectivity index (χ1n) is 5.13. The third-order valence-electron chi connectivity index (χ3n) is 3.60. The van der Waals surface area contributed by atoms with Crippen molar-refractivity contribution in [2.45, 2.75) is 26.2 Å². The summed E-state index contributed by atoms with van der Waals surface area (Å²) in [7, 11) is 0. The second-order valence-electron chi connectivity index (χ2n) is 4.30. The maximum Gasteiger partial charge on any atom is 0.306 e. The van der Waals surface area contributed by atoms with E-state index in [1.165, 1.54) is 6.42 Å². The first-order chi connectivity index (χ1) is 6.22. The molecule has 4 atom stereocenters. The second-order valence-corrected chi connectivity index (χ2v) is 4.30. The van der Waals surface area contributed by atoms with Gasteiger partial charge in [-0.05, 0) is 37.0 Å². The summed E-state index contributed by atoms with van der Waals surface area (Å²) >= 11 is 0. The normalized spacial score (nSPS) is 38.1. The van der Waals surface area contributed by atoms with Crippen LogP contribution in [0.3, 0.4) is 0 Å². The Kier molecular flexibility index (Phi) is 2.14. The standard InChI is InChI=1S/C11H16O2/c1-2-9(11(12)13)10-6-7-3-4-8(10)5-7/h3-4,7-10H,2,5-6H2,1H3,(H,12,13). The fourth-order valence-corrected chi connectivity index (χ4v) is 2.95. The number of carboxylic acid groups (broad SMARTS) is 1. The summed E-state index contributed by atoms with van der Waals surface area (Å²) in [6.45, 7) is 1.98. The molecule has 72 valence electrons. The van der Waals surface area contributed by atoms with Crippen molar-refractivity contribution in [3.63, 3.8) is 0 Å². The zero-order valence-electron chi connectivity index (χ0n) is 7.94. The van der Waals surface area contributed by atoms with Crippen molar-refractivity contribution in [1.82, 2.24) is 0 Å². The van der Waals surface area contributed by atoms with Gasteiger partial charge in [0.1, 0.15) is 0 Å². The lowest BCUT2D eigenvalue weighted by Crippen LogP contribution is -2.25. The topological polar surface area (TPSA) is 37.3 Å². The van der Waals surface area contributed by atoms with Gasteiger partial charge in [-0.15, -0.1) is 0 Å². The molecule has 2 bridgehead atoms. The molecule has 0 aliphatic heterocycles. The Bertz CT molecular complexity index is 244. The quantitative estimate of drug-likeness (QED) is 0.677. The van der Waals surface area contributed by atoms with Gasteiger partial charge in [-0.1, -0.05) is 19.1 Å². The Labute approximate surface area is 78.6 Å². The molecule has 2 aliphatic carbocycles. The van der Waals surface area contributed by atoms with Crippen LogP contribution in [0.5, 0.6) is 0 Å². The van der Waals surface area contributed by atoms with Crippen LogP contribution in [0.2, 0.25) is 0 Å². The van der Waals surface area contributed by atoms with E-state index in [9.17, 15) is 4.79 Å². The van der Waals surface area contributed by atoms with Crippen LogP contribution in [0, 0.1) is 23.7 Å². The minimum Gasteiger partial charge on any atom is -0.481 e. The predicted molar refractivity (Wildman–Crippen MR) is 50.3 cm³/mol. The van der Waals surface area contributed by atoms with E-state index in [1.54, 1.807) is 0 Å². The summed E-state index contributed by atoms with van der Waals surface area (Å²) < 4.78 is 0. The molecule has 2 rings (SSSR count). The van der Waals surface area contributed by atoms with Crippen molar-refractivity contribution in [2.75, 3.05) is 0 Å². The average molecular weight is 180 g/mol. The van der Waals surface area contributed by atoms with E-state index in [0.29, 0.717) is 17.8 Å². The zero-order valence-corrected chi connectivity index (χ0v) is 7.94. The summed E-state index contributed by atoms with van der Waals surface area (Å²) in [6.07, 6.45) is 7.57. The van der Waals surface area contributed by atoms with Crippen molar-refractivity contribution >= 4 is 5.97 Å². The van der Waals surface area contributed by atoms with Gasteiger partial charge >= 0.3 is 5.97 Å². The van der Waals surface area contributed by atoms with Crippen LogP contribution in [-0.2, 0) is 4.79 Å². The zero-order chi connectivity index (χ0) is 9.42. The maximum atomic E-state index is 11.0. The Balaban J connectivity index is 2.08. The molecule has 1 fully saturated rings. The molecule has 13 heavy (non-hydrogen) atoms. The van der Waals surface area contributed by atoms with Crippen LogP contribution < -0.4 is 0 Å². The summed E-state index contributed by atoms with van der Waals surface area (Å²) in [5.41, 5.74) is 0. The molecule has 0 heterocycles. The van der Waals surface area contributed by atoms with Crippen LogP contribution in [0.15, 0.2) is 12.2 Å². The van der Waals surface area contributed by atoms with Gasteiger partial charge in [0.15, 0.2) is 0 Å². The van der Waals surface area contributed by atoms with Gasteiger partial charge in [0.2, 0.25) is 0 Å². The molecular weight excluding hydrogens is 164 g/mol. The highest BCUT2D eigenvalue weighted by molar-refractivity contribution is 5.70. The third kappa shape index (κ3) is 1.38. The minimum absolute atomic E-state index is 0.111. The van der Waals surface area contributed by atoms with Crippen molar-refractivity contribution < 1.29 is 9.90 Å². The lowest BCUT2D eigenvalue weighted by molar-refractivity contribution is -0.144. The average Bonchev–Trinajstić information content (AvgIpc) is 2.65. The molecule has 0 spiro atoms. The first kappa shape index (κ1) is 8.79. The lowest BCUT2D eigenvalue weighted by Gasteiger charge is -2.23. The molecule has 2 heteroatoms. The van der Waals surface area contributed by atoms with E-state index in [-0.39, 0.29) is 5.92 Å². The summed E-state index contributed by atoms with van der Waals surface area (Å²) in [5.74, 6) is 0.945. The molecule has 0 saturated heterocycles. The van der Waals surface area contributed by atoms with E-state index in [1.807, 2.05) is 6.92 Å². The Hall–Kier alpha value is -0.790. The summed E-state index contributed by atoms with van der Waals surface area (Å²) in [6, 6.07) is 0. The highest BCUT2D eigenvalue weighted by Gasteiger charge is 2.41. The van der Waals surface area contributed by atoms with Gasteiger partial charge in [0.05, 0.1) is 5.92 Å². The molecular formula is C11H16O2. The van der Waals surface area contributed by atoms with Crippen molar-refractivity contribution in [3.8, 4) is 0 Å². The van der Waals surface area contributed by atoms with E-state index in [2.05, 4.69) is 12.2 Å². The largest absolute Gasteiger partial charge is 0.481 e. The van der Waals surface area contributed by atoms with Gasteiger partial charge in [0, 0.05) is 0 Å². The molecule has 0 aromatic heterocycles. The van der Waals surface area contributed by atoms with Gasteiger partial charge < -0.3 is 5.11 Å². The number of hydrogen-bond acceptors (Lipinski definition) is 1. The summed E-state index contributed by atoms with van der Waals surface area (Å²) in [5, 5.41) is 9.04. The SMILES string of the molecule is CCC(C(=O)O)C1CC2C=CC1C2. The molecule has 0 radical (unpaired) electrons. The highest BCUT2D eigenvalue weighted by atomic mass is 16.4. The van der Waals surface area contributed by atoms with E-state index in [0.717, 1.165) is 12.8 Å². The number of hydrogen-bond donors (Lipinski definition) is 1. The molecule has 2 aliphatic rings. The molecule has 0 aromatic rings. The van der Waals surface area contributed by atoms with Gasteiger partial charge in [0.25, 0.3) is 0 Å². The smallest absolute Gasteiger partial charge is 0.306 e. The first-order valence-corrected chi connectivity index (χ1v) is 5.13.